The zero-order chi connectivity index (χ0) is 15.4. The molecule has 2 heterocycles. The number of nitrogens with two attached hydrogens (primary N) is 1. The second kappa shape index (κ2) is 6.39. The van der Waals surface area contributed by atoms with Crippen molar-refractivity contribution in [1.82, 2.24) is 14.5 Å². The molecule has 2 aromatic rings. The molecule has 6 nitrogen and oxygen atoms in total. The maximum atomic E-state index is 12.1. The van der Waals surface area contributed by atoms with Gasteiger partial charge < -0.3 is 15.0 Å². The van der Waals surface area contributed by atoms with Gasteiger partial charge in [-0.05, 0) is 24.5 Å². The molecule has 21 heavy (non-hydrogen) atoms. The maximum absolute atomic E-state index is 12.1. The zero-order valence-electron chi connectivity index (χ0n) is 12.5. The number of hydrogen-bond acceptors (Lipinski definition) is 5. The van der Waals surface area contributed by atoms with Crippen molar-refractivity contribution in [2.45, 2.75) is 26.3 Å². The Labute approximate surface area is 124 Å². The van der Waals surface area contributed by atoms with E-state index in [1.165, 1.54) is 7.11 Å². The minimum atomic E-state index is -0.401. The molecule has 0 aliphatic carbocycles. The first-order valence-electron chi connectivity index (χ1n) is 6.84. The molecular weight excluding hydrogens is 268 g/mol. The highest BCUT2D eigenvalue weighted by molar-refractivity contribution is 5.75. The Morgan fingerprint density at radius 3 is 2.86 bits per heavy atom. The van der Waals surface area contributed by atoms with Gasteiger partial charge in [0.1, 0.15) is 11.9 Å². The largest absolute Gasteiger partial charge is 0.467 e. The van der Waals surface area contributed by atoms with Gasteiger partial charge in [0.2, 0.25) is 0 Å². The van der Waals surface area contributed by atoms with E-state index < -0.39 is 6.04 Å². The van der Waals surface area contributed by atoms with Crippen molar-refractivity contribution < 1.29 is 9.53 Å². The normalized spacial score (nSPS) is 12.4. The molecule has 2 rings (SSSR count). The van der Waals surface area contributed by atoms with Gasteiger partial charge in [-0.15, -0.1) is 0 Å². The molecule has 0 radical (unpaired) electrons. The Bertz CT molecular complexity index is 622. The monoisotopic (exact) mass is 288 g/mol. The third kappa shape index (κ3) is 3.39. The zero-order valence-corrected chi connectivity index (χ0v) is 12.5. The predicted molar refractivity (Wildman–Crippen MR) is 80.4 cm³/mol. The molecule has 0 amide bonds. The van der Waals surface area contributed by atoms with Crippen LogP contribution in [0.15, 0.2) is 30.9 Å². The summed E-state index contributed by atoms with van der Waals surface area (Å²) >= 11 is 0. The molecule has 0 saturated carbocycles. The Hall–Kier alpha value is -2.37. The summed E-state index contributed by atoms with van der Waals surface area (Å²) in [6, 6.07) is 3.20. The van der Waals surface area contributed by atoms with E-state index in [9.17, 15) is 4.79 Å². The SMILES string of the molecule is COC(=O)C(CC(C)C)n1cncc1-c1ccnc(N)c1. The minimum Gasteiger partial charge on any atom is -0.467 e. The van der Waals surface area contributed by atoms with Gasteiger partial charge in [-0.25, -0.2) is 14.8 Å². The molecular formula is C15H20N4O2. The lowest BCUT2D eigenvalue weighted by atomic mass is 10.0. The first kappa shape index (κ1) is 15.0. The molecule has 0 bridgehead atoms. The van der Waals surface area contributed by atoms with Gasteiger partial charge in [-0.3, -0.25) is 0 Å². The number of rotatable bonds is 5. The highest BCUT2D eigenvalue weighted by Crippen LogP contribution is 2.27. The first-order valence-corrected chi connectivity index (χ1v) is 6.84. The lowest BCUT2D eigenvalue weighted by Gasteiger charge is -2.20. The lowest BCUT2D eigenvalue weighted by molar-refractivity contribution is -0.145. The molecule has 112 valence electrons. The van der Waals surface area contributed by atoms with Gasteiger partial charge >= 0.3 is 5.97 Å². The first-order chi connectivity index (χ1) is 10.0. The lowest BCUT2D eigenvalue weighted by Crippen LogP contribution is -2.22. The molecule has 1 unspecified atom stereocenters. The van der Waals surface area contributed by atoms with Gasteiger partial charge in [-0.2, -0.15) is 0 Å². The van der Waals surface area contributed by atoms with E-state index in [2.05, 4.69) is 23.8 Å². The Morgan fingerprint density at radius 1 is 1.48 bits per heavy atom. The fourth-order valence-electron chi connectivity index (χ4n) is 2.29. The summed E-state index contributed by atoms with van der Waals surface area (Å²) in [5.74, 6) is 0.510. The number of ether oxygens (including phenoxy) is 1. The van der Waals surface area contributed by atoms with E-state index in [1.54, 1.807) is 24.8 Å². The second-order valence-electron chi connectivity index (χ2n) is 5.32. The van der Waals surface area contributed by atoms with E-state index in [1.807, 2.05) is 10.6 Å². The number of hydrogen-bond donors (Lipinski definition) is 1. The Kier molecular flexibility index (Phi) is 4.57. The van der Waals surface area contributed by atoms with Crippen LogP contribution in [-0.4, -0.2) is 27.6 Å². The van der Waals surface area contributed by atoms with Crippen molar-refractivity contribution in [2.75, 3.05) is 12.8 Å². The van der Waals surface area contributed by atoms with Crippen molar-refractivity contribution in [3.63, 3.8) is 0 Å². The van der Waals surface area contributed by atoms with Crippen LogP contribution in [0.4, 0.5) is 5.82 Å². The molecule has 0 aromatic carbocycles. The van der Waals surface area contributed by atoms with Crippen molar-refractivity contribution in [3.05, 3.63) is 30.9 Å². The maximum Gasteiger partial charge on any atom is 0.328 e. The number of esters is 1. The number of carbonyl (C=O) groups excluding carboxylic acids is 1. The van der Waals surface area contributed by atoms with E-state index >= 15 is 0 Å². The fraction of sp³-hybridized carbons (Fsp3) is 0.400. The summed E-state index contributed by atoms with van der Waals surface area (Å²) in [5.41, 5.74) is 7.42. The smallest absolute Gasteiger partial charge is 0.328 e. The third-order valence-corrected chi connectivity index (χ3v) is 3.25. The Balaban J connectivity index is 2.43. The van der Waals surface area contributed by atoms with Crippen LogP contribution >= 0.6 is 0 Å². The molecule has 0 spiro atoms. The van der Waals surface area contributed by atoms with Gasteiger partial charge in [0.25, 0.3) is 0 Å². The van der Waals surface area contributed by atoms with Crippen molar-refractivity contribution >= 4 is 11.8 Å². The topological polar surface area (TPSA) is 83.0 Å². The van der Waals surface area contributed by atoms with E-state index in [0.717, 1.165) is 11.3 Å². The van der Waals surface area contributed by atoms with Crippen LogP contribution in [0.25, 0.3) is 11.3 Å². The summed E-state index contributed by atoms with van der Waals surface area (Å²) in [4.78, 5) is 20.2. The third-order valence-electron chi connectivity index (χ3n) is 3.25. The number of nitrogens with zero attached hydrogens (tertiary/aromatic N) is 3. The van der Waals surface area contributed by atoms with Crippen LogP contribution in [0.3, 0.4) is 0 Å². The summed E-state index contributed by atoms with van der Waals surface area (Å²) in [6.07, 6.45) is 5.68. The Morgan fingerprint density at radius 2 is 2.24 bits per heavy atom. The number of aromatic nitrogens is 3. The summed E-state index contributed by atoms with van der Waals surface area (Å²) in [7, 11) is 1.40. The van der Waals surface area contributed by atoms with Crippen molar-refractivity contribution in [3.8, 4) is 11.3 Å². The van der Waals surface area contributed by atoms with E-state index in [4.69, 9.17) is 10.5 Å². The van der Waals surface area contributed by atoms with E-state index in [-0.39, 0.29) is 5.97 Å². The molecule has 2 N–H and O–H groups in total. The van der Waals surface area contributed by atoms with Gasteiger partial charge in [-0.1, -0.05) is 13.8 Å². The number of pyridine rings is 1. The van der Waals surface area contributed by atoms with Crippen LogP contribution in [0, 0.1) is 5.92 Å². The summed E-state index contributed by atoms with van der Waals surface area (Å²) < 4.78 is 6.76. The highest BCUT2D eigenvalue weighted by Gasteiger charge is 2.24. The molecule has 0 aliphatic rings. The van der Waals surface area contributed by atoms with Gasteiger partial charge in [0, 0.05) is 11.8 Å². The molecule has 1 atom stereocenters. The number of anilines is 1. The standard InChI is InChI=1S/C15H20N4O2/c1-10(2)6-12(15(20)21-3)19-9-17-8-13(19)11-4-5-18-14(16)7-11/h4-5,7-10,12H,6H2,1-3H3,(H2,16,18). The predicted octanol–water partition coefficient (Wildman–Crippen LogP) is 2.29. The van der Waals surface area contributed by atoms with Crippen LogP contribution in [0.2, 0.25) is 0 Å². The highest BCUT2D eigenvalue weighted by atomic mass is 16.5. The number of methoxy groups -OCH3 is 1. The second-order valence-corrected chi connectivity index (χ2v) is 5.32. The number of carbonyl (C=O) groups is 1. The summed E-state index contributed by atoms with van der Waals surface area (Å²) in [6.45, 7) is 4.13. The van der Waals surface area contributed by atoms with Crippen LogP contribution < -0.4 is 5.73 Å². The van der Waals surface area contributed by atoms with Crippen LogP contribution in [0.1, 0.15) is 26.3 Å². The fourth-order valence-corrected chi connectivity index (χ4v) is 2.29. The number of nitrogen functional groups attached to an aromatic ring is 1. The molecule has 2 aromatic heterocycles. The van der Waals surface area contributed by atoms with Crippen molar-refractivity contribution in [1.29, 1.82) is 0 Å². The average Bonchev–Trinajstić information content (AvgIpc) is 2.93. The minimum absolute atomic E-state index is 0.273. The van der Waals surface area contributed by atoms with Gasteiger partial charge in [0.15, 0.2) is 0 Å². The van der Waals surface area contributed by atoms with Crippen LogP contribution in [-0.2, 0) is 9.53 Å². The molecule has 6 heteroatoms. The molecule has 0 saturated heterocycles. The van der Waals surface area contributed by atoms with Crippen LogP contribution in [0.5, 0.6) is 0 Å². The average molecular weight is 288 g/mol. The van der Waals surface area contributed by atoms with Gasteiger partial charge in [0.05, 0.1) is 25.3 Å². The quantitative estimate of drug-likeness (QED) is 0.853. The molecule has 0 fully saturated rings. The van der Waals surface area contributed by atoms with E-state index in [0.29, 0.717) is 18.2 Å². The number of imidazole rings is 1. The summed E-state index contributed by atoms with van der Waals surface area (Å²) in [5, 5.41) is 0. The molecule has 0 aliphatic heterocycles. The van der Waals surface area contributed by atoms with Crippen molar-refractivity contribution in [2.24, 2.45) is 5.92 Å².